The predicted molar refractivity (Wildman–Crippen MR) is 19.1 cm³/mol. The minimum atomic E-state index is 0. The van der Waals surface area contributed by atoms with E-state index in [1.54, 1.807) is 0 Å². The second kappa shape index (κ2) is 22.8. The SMILES string of the molecule is FBr.[Ba+2].[Cs+].[Gd].[H-].[H-].[H-]. The molecular formula is H3BaBrCsFGd. The fourth-order valence-corrected chi connectivity index (χ4v) is 0. The van der Waals surface area contributed by atoms with Crippen LogP contribution in [0.15, 0.2) is 0 Å². The van der Waals surface area contributed by atoms with Gasteiger partial charge in [0.15, 0.2) is 16.4 Å². The zero-order chi connectivity index (χ0) is 2.00. The van der Waals surface area contributed by atoms with Gasteiger partial charge in [-0.3, -0.25) is 0 Å². The summed E-state index contributed by atoms with van der Waals surface area (Å²) in [5.74, 6) is 0. The molecule has 0 spiro atoms. The fourth-order valence-electron chi connectivity index (χ4n) is 0. The van der Waals surface area contributed by atoms with Gasteiger partial charge in [0.05, 0.1) is 0 Å². The third-order valence-corrected chi connectivity index (χ3v) is 0. The summed E-state index contributed by atoms with van der Waals surface area (Å²) >= 11 is 1.44. The second-order valence-electron chi connectivity index (χ2n) is 0. The largest absolute Gasteiger partial charge is 2.00 e. The summed E-state index contributed by atoms with van der Waals surface area (Å²) in [5.41, 5.74) is 0. The normalized spacial score (nSPS) is 1.20. The van der Waals surface area contributed by atoms with Gasteiger partial charge in [-0.25, -0.2) is 0 Å². The second-order valence-corrected chi connectivity index (χ2v) is 0. The van der Waals surface area contributed by atoms with Crippen molar-refractivity contribution in [2.24, 2.45) is 0 Å². The standard InChI is InChI=1S/Ba.BrF.Cs.Gd.3H/c;1-2;;;;;/q+2;;+1;;3*-1. The van der Waals surface area contributed by atoms with Crippen molar-refractivity contribution in [2.45, 2.75) is 0 Å². The molecule has 28 valence electrons. The van der Waals surface area contributed by atoms with Crippen molar-refractivity contribution in [3.05, 3.63) is 0 Å². The van der Waals surface area contributed by atoms with Crippen LogP contribution < -0.4 is 68.9 Å². The number of halogens is 2. The van der Waals surface area contributed by atoms with E-state index in [2.05, 4.69) is 0 Å². The fraction of sp³-hybridized carbons (Fsp3) is 0. The van der Waals surface area contributed by atoms with Crippen LogP contribution in [0, 0.1) is 39.9 Å². The van der Waals surface area contributed by atoms with Crippen molar-refractivity contribution in [3.8, 4) is 0 Å². The minimum Gasteiger partial charge on any atom is -1.00 e. The van der Waals surface area contributed by atoms with Crippen molar-refractivity contribution in [3.63, 3.8) is 0 Å². The molecule has 0 radical (unpaired) electrons. The topological polar surface area (TPSA) is 0 Å². The summed E-state index contributed by atoms with van der Waals surface area (Å²) in [6.07, 6.45) is 0. The van der Waals surface area contributed by atoms with Crippen LogP contribution >= 0.6 is 16.4 Å². The molecule has 0 rings (SSSR count). The molecule has 0 aliphatic heterocycles. The Kier molecular flexibility index (Phi) is 102. The van der Waals surface area contributed by atoms with Crippen LogP contribution in [0.3, 0.4) is 0 Å². The third kappa shape index (κ3) is 17.6. The van der Waals surface area contributed by atoms with Gasteiger partial charge in [0.2, 0.25) is 0 Å². The van der Waals surface area contributed by atoms with E-state index in [1.165, 1.54) is 16.4 Å². The predicted octanol–water partition coefficient (Wildman–Crippen LogP) is -1.77. The Balaban J connectivity index is -0.000000000333. The monoisotopic (exact) mass is 530 g/mol. The van der Waals surface area contributed by atoms with E-state index in [-0.39, 0.29) is 162 Å². The van der Waals surface area contributed by atoms with Crippen molar-refractivity contribution < 1.29 is 117 Å². The molecule has 0 N–H and O–H groups in total. The first-order valence-electron chi connectivity index (χ1n) is 0.143. The summed E-state index contributed by atoms with van der Waals surface area (Å²) < 4.78 is 9.31. The molecule has 5 heavy (non-hydrogen) atoms. The van der Waals surface area contributed by atoms with Gasteiger partial charge in [-0.2, -0.15) is 3.56 Å². The Labute approximate surface area is 175 Å². The van der Waals surface area contributed by atoms with Crippen LogP contribution in [0.25, 0.3) is 0 Å². The number of hydrogen-bond acceptors (Lipinski definition) is 0. The van der Waals surface area contributed by atoms with Crippen molar-refractivity contribution >= 4 is 65.3 Å². The first-order chi connectivity index (χ1) is 1.00. The van der Waals surface area contributed by atoms with Gasteiger partial charge in [-0.15, -0.1) is 0 Å². The molecule has 0 aliphatic rings. The van der Waals surface area contributed by atoms with E-state index in [9.17, 15) is 3.56 Å². The Morgan fingerprint density at radius 1 is 1.40 bits per heavy atom. The maximum absolute atomic E-state index is 9.31. The number of rotatable bonds is 0. The smallest absolute Gasteiger partial charge is 1.00 e. The van der Waals surface area contributed by atoms with Crippen LogP contribution in [0.2, 0.25) is 0 Å². The first-order valence-corrected chi connectivity index (χ1v) is 0.742. The van der Waals surface area contributed by atoms with Crippen LogP contribution in [-0.4, -0.2) is 48.9 Å². The van der Waals surface area contributed by atoms with Crippen LogP contribution in [0.4, 0.5) is 3.56 Å². The van der Waals surface area contributed by atoms with E-state index in [0.29, 0.717) is 0 Å². The Morgan fingerprint density at radius 3 is 1.40 bits per heavy atom. The van der Waals surface area contributed by atoms with Crippen LogP contribution in [0.5, 0.6) is 0 Å². The third-order valence-electron chi connectivity index (χ3n) is 0. The van der Waals surface area contributed by atoms with Gasteiger partial charge in [-0.1, -0.05) is 0 Å². The average molecular weight is 529 g/mol. The minimum absolute atomic E-state index is 0. The molecule has 0 aliphatic carbocycles. The van der Waals surface area contributed by atoms with Gasteiger partial charge in [0.1, 0.15) is 0 Å². The van der Waals surface area contributed by atoms with Gasteiger partial charge in [0.25, 0.3) is 0 Å². The summed E-state index contributed by atoms with van der Waals surface area (Å²) in [6.45, 7) is 0. The van der Waals surface area contributed by atoms with Crippen LogP contribution in [-0.2, 0) is 0 Å². The molecule has 0 aromatic carbocycles. The summed E-state index contributed by atoms with van der Waals surface area (Å²) in [4.78, 5) is 0. The van der Waals surface area contributed by atoms with Gasteiger partial charge in [-0.05, 0) is 0 Å². The molecule has 0 heterocycles. The molecule has 0 fully saturated rings. The maximum Gasteiger partial charge on any atom is 2.00 e. The van der Waals surface area contributed by atoms with Gasteiger partial charge < -0.3 is 4.28 Å². The summed E-state index contributed by atoms with van der Waals surface area (Å²) in [7, 11) is 0. The Bertz CT molecular complexity index is 19.2. The van der Waals surface area contributed by atoms with E-state index >= 15 is 0 Å². The van der Waals surface area contributed by atoms with Crippen LogP contribution in [0.1, 0.15) is 4.28 Å². The molecule has 0 unspecified atom stereocenters. The van der Waals surface area contributed by atoms with E-state index in [1.807, 2.05) is 0 Å². The van der Waals surface area contributed by atoms with Gasteiger partial charge >= 0.3 is 118 Å². The maximum atomic E-state index is 9.31. The molecule has 0 nitrogen and oxygen atoms in total. The van der Waals surface area contributed by atoms with Gasteiger partial charge in [0, 0.05) is 39.9 Å². The number of hydrogen-bond donors (Lipinski definition) is 0. The summed E-state index contributed by atoms with van der Waals surface area (Å²) in [6, 6.07) is 0. The molecule has 0 aromatic heterocycles. The molecule has 5 heteroatoms. The molecular weight excluding hydrogens is 526 g/mol. The van der Waals surface area contributed by atoms with E-state index in [0.717, 1.165) is 0 Å². The molecule has 0 atom stereocenters. The van der Waals surface area contributed by atoms with Crippen molar-refractivity contribution in [1.29, 1.82) is 0 Å². The molecule has 0 bridgehead atoms. The summed E-state index contributed by atoms with van der Waals surface area (Å²) in [5, 5.41) is 0. The van der Waals surface area contributed by atoms with E-state index in [4.69, 9.17) is 0 Å². The average Bonchev–Trinajstić information content (AvgIpc) is 1.00. The Hall–Kier alpha value is 5.36. The zero-order valence-corrected chi connectivity index (χ0v) is 17.4. The quantitative estimate of drug-likeness (QED) is 0.326. The Morgan fingerprint density at radius 2 is 1.40 bits per heavy atom. The van der Waals surface area contributed by atoms with Crippen molar-refractivity contribution in [1.82, 2.24) is 0 Å². The zero-order valence-electron chi connectivity index (χ0n) is 5.82. The molecule has 0 saturated heterocycles. The molecule has 0 saturated carbocycles. The first kappa shape index (κ1) is 22.4. The molecule has 0 aromatic rings. The molecule has 0 amide bonds. The van der Waals surface area contributed by atoms with Crippen molar-refractivity contribution in [2.75, 3.05) is 0 Å². The van der Waals surface area contributed by atoms with E-state index < -0.39 is 0 Å².